The lowest BCUT2D eigenvalue weighted by Crippen LogP contribution is -1.91. The summed E-state index contributed by atoms with van der Waals surface area (Å²) in [5.74, 6) is 0. The molecule has 6 aromatic rings. The van der Waals surface area contributed by atoms with E-state index in [2.05, 4.69) is 89.9 Å². The van der Waals surface area contributed by atoms with E-state index in [1.807, 2.05) is 24.3 Å². The Morgan fingerprint density at radius 3 is 2.31 bits per heavy atom. The molecule has 0 aliphatic carbocycles. The number of aromatic amines is 1. The minimum atomic E-state index is 0.759. The zero-order valence-corrected chi connectivity index (χ0v) is 17.4. The molecule has 3 heteroatoms. The van der Waals surface area contributed by atoms with E-state index in [1.54, 1.807) is 0 Å². The molecule has 0 aliphatic rings. The van der Waals surface area contributed by atoms with Crippen molar-refractivity contribution in [3.8, 4) is 11.3 Å². The van der Waals surface area contributed by atoms with E-state index in [-0.39, 0.29) is 0 Å². The highest BCUT2D eigenvalue weighted by molar-refractivity contribution is 6.22. The molecule has 2 aromatic heterocycles. The van der Waals surface area contributed by atoms with Crippen LogP contribution in [0.4, 0.5) is 5.69 Å². The fourth-order valence-corrected chi connectivity index (χ4v) is 4.38. The third kappa shape index (κ3) is 3.12. The Hall–Kier alpha value is -4.37. The number of anilines is 1. The molecule has 4 aromatic carbocycles. The monoisotopic (exact) mass is 411 g/mol. The van der Waals surface area contributed by atoms with Crippen LogP contribution in [0.3, 0.4) is 0 Å². The van der Waals surface area contributed by atoms with Gasteiger partial charge in [-0.2, -0.15) is 0 Å². The molecule has 0 aliphatic heterocycles. The van der Waals surface area contributed by atoms with Crippen LogP contribution in [0.5, 0.6) is 0 Å². The summed E-state index contributed by atoms with van der Waals surface area (Å²) in [6.45, 7) is 0. The summed E-state index contributed by atoms with van der Waals surface area (Å²) in [4.78, 5) is 8.51. The summed E-state index contributed by atoms with van der Waals surface area (Å²) >= 11 is 0. The van der Waals surface area contributed by atoms with E-state index >= 15 is 0 Å². The highest BCUT2D eigenvalue weighted by atomic mass is 14.7. The van der Waals surface area contributed by atoms with Crippen LogP contribution in [0.2, 0.25) is 0 Å². The number of para-hydroxylation sites is 1. The molecule has 152 valence electrons. The molecule has 3 nitrogen and oxygen atoms in total. The maximum absolute atomic E-state index is 5.91. The zero-order chi connectivity index (χ0) is 21.5. The van der Waals surface area contributed by atoms with Crippen molar-refractivity contribution < 1.29 is 0 Å². The van der Waals surface area contributed by atoms with Gasteiger partial charge in [0.2, 0.25) is 0 Å². The van der Waals surface area contributed by atoms with Gasteiger partial charge in [0.25, 0.3) is 0 Å². The van der Waals surface area contributed by atoms with Gasteiger partial charge in [-0.3, -0.25) is 0 Å². The topological polar surface area (TPSA) is 54.7 Å². The van der Waals surface area contributed by atoms with E-state index < -0.39 is 0 Å². The second-order valence-corrected chi connectivity index (χ2v) is 8.02. The highest BCUT2D eigenvalue weighted by Crippen LogP contribution is 2.36. The average Bonchev–Trinajstić information content (AvgIpc) is 3.22. The summed E-state index contributed by atoms with van der Waals surface area (Å²) in [7, 11) is 0. The first-order chi connectivity index (χ1) is 15.8. The molecule has 6 rings (SSSR count). The Morgan fingerprint density at radius 2 is 1.47 bits per heavy atom. The first-order valence-corrected chi connectivity index (χ1v) is 10.7. The molecule has 0 fully saturated rings. The van der Waals surface area contributed by atoms with Crippen LogP contribution in [0, 0.1) is 0 Å². The normalized spacial score (nSPS) is 11.8. The molecule has 0 radical (unpaired) electrons. The maximum Gasteiger partial charge on any atom is 0.0724 e. The molecule has 0 unspecified atom stereocenters. The number of benzene rings is 4. The van der Waals surface area contributed by atoms with Crippen molar-refractivity contribution in [1.29, 1.82) is 0 Å². The lowest BCUT2D eigenvalue weighted by atomic mass is 9.99. The molecule has 32 heavy (non-hydrogen) atoms. The second kappa shape index (κ2) is 7.40. The van der Waals surface area contributed by atoms with Gasteiger partial charge in [0.05, 0.1) is 11.0 Å². The quantitative estimate of drug-likeness (QED) is 0.300. The number of hydrogen-bond acceptors (Lipinski definition) is 2. The number of nitrogen functional groups attached to an aromatic ring is 1. The first-order valence-electron chi connectivity index (χ1n) is 10.7. The van der Waals surface area contributed by atoms with Crippen molar-refractivity contribution in [2.24, 2.45) is 0 Å². The number of pyridine rings is 1. The number of nitrogens with one attached hydrogen (secondary N) is 1. The Bertz CT molecular complexity index is 1610. The van der Waals surface area contributed by atoms with Gasteiger partial charge in [-0.05, 0) is 53.1 Å². The standard InChI is InChI=1S/C29H21N3/c30-22-14-12-20(13-15-22)27-18-21(11-10-19-6-2-1-3-7-19)28-25(32-27)16-17-26-29(28)23-8-4-5-9-24(23)31-26/h1-18,32H,30H2. The fraction of sp³-hybridized carbons (Fsp3) is 0. The van der Waals surface area contributed by atoms with Gasteiger partial charge in [0, 0.05) is 33.1 Å². The summed E-state index contributed by atoms with van der Waals surface area (Å²) in [6.07, 6.45) is 4.37. The smallest absolute Gasteiger partial charge is 0.0724 e. The Labute approximate surface area is 185 Å². The largest absolute Gasteiger partial charge is 0.399 e. The molecule has 0 saturated carbocycles. The zero-order valence-electron chi connectivity index (χ0n) is 17.4. The molecular weight excluding hydrogens is 390 g/mol. The molecule has 0 atom stereocenters. The molecule has 0 spiro atoms. The predicted molar refractivity (Wildman–Crippen MR) is 136 cm³/mol. The summed E-state index contributed by atoms with van der Waals surface area (Å²) < 4.78 is 0. The van der Waals surface area contributed by atoms with Crippen LogP contribution >= 0.6 is 0 Å². The Kier molecular flexibility index (Phi) is 4.25. The van der Waals surface area contributed by atoms with Crippen molar-refractivity contribution in [3.05, 3.63) is 108 Å². The van der Waals surface area contributed by atoms with Crippen LogP contribution in [0.15, 0.2) is 97.1 Å². The Balaban J connectivity index is 1.67. The van der Waals surface area contributed by atoms with Gasteiger partial charge in [0.15, 0.2) is 0 Å². The van der Waals surface area contributed by atoms with Crippen LogP contribution < -0.4 is 5.73 Å². The van der Waals surface area contributed by atoms with Gasteiger partial charge < -0.3 is 10.7 Å². The van der Waals surface area contributed by atoms with Crippen LogP contribution in [0.25, 0.3) is 56.1 Å². The number of H-pyrrole nitrogens is 1. The van der Waals surface area contributed by atoms with Crippen LogP contribution in [-0.4, -0.2) is 9.97 Å². The number of fused-ring (bicyclic) bond motifs is 5. The maximum atomic E-state index is 5.91. The molecule has 2 heterocycles. The molecule has 0 saturated heterocycles. The van der Waals surface area contributed by atoms with Crippen LogP contribution in [-0.2, 0) is 0 Å². The molecule has 3 N–H and O–H groups in total. The lowest BCUT2D eigenvalue weighted by Gasteiger charge is -2.11. The first kappa shape index (κ1) is 18.4. The highest BCUT2D eigenvalue weighted by Gasteiger charge is 2.13. The van der Waals surface area contributed by atoms with E-state index in [4.69, 9.17) is 10.7 Å². The van der Waals surface area contributed by atoms with Gasteiger partial charge in [-0.15, -0.1) is 0 Å². The van der Waals surface area contributed by atoms with Crippen molar-refractivity contribution >= 4 is 50.5 Å². The van der Waals surface area contributed by atoms with E-state index in [1.165, 1.54) is 21.7 Å². The van der Waals surface area contributed by atoms with Crippen molar-refractivity contribution in [3.63, 3.8) is 0 Å². The van der Waals surface area contributed by atoms with Gasteiger partial charge >= 0.3 is 0 Å². The van der Waals surface area contributed by atoms with E-state index in [9.17, 15) is 0 Å². The number of aromatic nitrogens is 2. The molecular formula is C29H21N3. The van der Waals surface area contributed by atoms with Crippen molar-refractivity contribution in [1.82, 2.24) is 9.97 Å². The Morgan fingerprint density at radius 1 is 0.688 bits per heavy atom. The number of hydrogen-bond donors (Lipinski definition) is 2. The van der Waals surface area contributed by atoms with Crippen molar-refractivity contribution in [2.75, 3.05) is 5.73 Å². The van der Waals surface area contributed by atoms with Gasteiger partial charge in [-0.1, -0.05) is 72.8 Å². The third-order valence-electron chi connectivity index (χ3n) is 5.93. The minimum absolute atomic E-state index is 0.759. The third-order valence-corrected chi connectivity index (χ3v) is 5.93. The minimum Gasteiger partial charge on any atom is -0.399 e. The molecule has 0 amide bonds. The van der Waals surface area contributed by atoms with Gasteiger partial charge in [-0.25, -0.2) is 4.98 Å². The number of nitrogens with zero attached hydrogens (tertiary/aromatic N) is 1. The van der Waals surface area contributed by atoms with Crippen LogP contribution in [0.1, 0.15) is 11.1 Å². The number of rotatable bonds is 3. The lowest BCUT2D eigenvalue weighted by molar-refractivity contribution is 1.40. The number of nitrogens with two attached hydrogens (primary N) is 1. The summed E-state index contributed by atoms with van der Waals surface area (Å²) in [5.41, 5.74) is 14.3. The average molecular weight is 412 g/mol. The predicted octanol–water partition coefficient (Wildman–Crippen LogP) is 7.29. The molecule has 0 bridgehead atoms. The summed E-state index contributed by atoms with van der Waals surface area (Å²) in [6, 6.07) is 33.2. The van der Waals surface area contributed by atoms with E-state index in [0.29, 0.717) is 0 Å². The second-order valence-electron chi connectivity index (χ2n) is 8.02. The fourth-order valence-electron chi connectivity index (χ4n) is 4.38. The van der Waals surface area contributed by atoms with Crippen molar-refractivity contribution in [2.45, 2.75) is 0 Å². The van der Waals surface area contributed by atoms with Gasteiger partial charge in [0.1, 0.15) is 0 Å². The van der Waals surface area contributed by atoms with E-state index in [0.717, 1.165) is 39.1 Å². The summed E-state index contributed by atoms with van der Waals surface area (Å²) in [5, 5.41) is 3.55. The SMILES string of the molecule is Nc1ccc(-c2cc(C=Cc3ccccc3)c3c(ccc4nc5ccccc5c43)[nH]2)cc1.